The molecule has 0 saturated heterocycles. The molecule has 1 N–H and O–H groups in total. The SMILES string of the molecule is CSC1CCC(NCc2cnc3c(c2)c(C)nn3C)CC1. The van der Waals surface area contributed by atoms with Crippen molar-refractivity contribution in [3.05, 3.63) is 23.5 Å². The molecule has 2 aromatic rings. The standard InChI is InChI=1S/C16H24N4S/c1-11-15-8-12(10-18-16(15)20(2)19-11)9-17-13-4-6-14(21-3)7-5-13/h8,10,13-14,17H,4-7,9H2,1-3H3. The van der Waals surface area contributed by atoms with Gasteiger partial charge < -0.3 is 5.32 Å². The van der Waals surface area contributed by atoms with Crippen molar-refractivity contribution in [1.29, 1.82) is 0 Å². The number of aromatic nitrogens is 3. The topological polar surface area (TPSA) is 42.7 Å². The molecule has 0 spiro atoms. The molecule has 0 bridgehead atoms. The van der Waals surface area contributed by atoms with Crippen molar-refractivity contribution in [3.8, 4) is 0 Å². The zero-order valence-electron chi connectivity index (χ0n) is 13.1. The number of rotatable bonds is 4. The summed E-state index contributed by atoms with van der Waals surface area (Å²) in [7, 11) is 1.95. The van der Waals surface area contributed by atoms with Crippen LogP contribution in [0.3, 0.4) is 0 Å². The highest BCUT2D eigenvalue weighted by molar-refractivity contribution is 7.99. The van der Waals surface area contributed by atoms with E-state index in [9.17, 15) is 0 Å². The molecule has 0 unspecified atom stereocenters. The van der Waals surface area contributed by atoms with Crippen LogP contribution in [0, 0.1) is 6.92 Å². The highest BCUT2D eigenvalue weighted by atomic mass is 32.2. The second-order valence-corrected chi connectivity index (χ2v) is 7.15. The van der Waals surface area contributed by atoms with Gasteiger partial charge in [-0.15, -0.1) is 0 Å². The Balaban J connectivity index is 1.62. The number of fused-ring (bicyclic) bond motifs is 1. The van der Waals surface area contributed by atoms with Gasteiger partial charge in [0, 0.05) is 36.5 Å². The van der Waals surface area contributed by atoms with Gasteiger partial charge in [0.1, 0.15) is 0 Å². The van der Waals surface area contributed by atoms with Gasteiger partial charge in [0.2, 0.25) is 0 Å². The molecular weight excluding hydrogens is 280 g/mol. The average Bonchev–Trinajstić information content (AvgIpc) is 2.80. The fourth-order valence-corrected chi connectivity index (χ4v) is 3.96. The first-order valence-corrected chi connectivity index (χ1v) is 9.00. The number of pyridine rings is 1. The van der Waals surface area contributed by atoms with E-state index >= 15 is 0 Å². The maximum atomic E-state index is 4.55. The molecule has 4 nitrogen and oxygen atoms in total. The first-order valence-electron chi connectivity index (χ1n) is 7.71. The lowest BCUT2D eigenvalue weighted by atomic mass is 9.95. The van der Waals surface area contributed by atoms with Crippen LogP contribution < -0.4 is 5.32 Å². The molecule has 0 aromatic carbocycles. The molecule has 0 radical (unpaired) electrons. The fraction of sp³-hybridized carbons (Fsp3) is 0.625. The third-order valence-corrected chi connectivity index (χ3v) is 5.66. The summed E-state index contributed by atoms with van der Waals surface area (Å²) < 4.78 is 1.85. The van der Waals surface area contributed by atoms with Crippen LogP contribution in [0.2, 0.25) is 0 Å². The Hall–Kier alpha value is -1.07. The van der Waals surface area contributed by atoms with Crippen LogP contribution in [0.1, 0.15) is 36.9 Å². The van der Waals surface area contributed by atoms with Crippen molar-refractivity contribution < 1.29 is 0 Å². The van der Waals surface area contributed by atoms with E-state index in [0.29, 0.717) is 6.04 Å². The lowest BCUT2D eigenvalue weighted by Crippen LogP contribution is -2.33. The average molecular weight is 304 g/mol. The minimum Gasteiger partial charge on any atom is -0.310 e. The van der Waals surface area contributed by atoms with Gasteiger partial charge in [-0.2, -0.15) is 16.9 Å². The van der Waals surface area contributed by atoms with Crippen LogP contribution >= 0.6 is 11.8 Å². The van der Waals surface area contributed by atoms with Gasteiger partial charge in [0.05, 0.1) is 5.69 Å². The molecule has 1 saturated carbocycles. The number of hydrogen-bond acceptors (Lipinski definition) is 4. The van der Waals surface area contributed by atoms with E-state index in [2.05, 4.69) is 27.7 Å². The van der Waals surface area contributed by atoms with E-state index in [1.807, 2.05) is 36.6 Å². The van der Waals surface area contributed by atoms with Crippen molar-refractivity contribution in [1.82, 2.24) is 20.1 Å². The van der Waals surface area contributed by atoms with Gasteiger partial charge in [-0.3, -0.25) is 4.68 Å². The van der Waals surface area contributed by atoms with Crippen molar-refractivity contribution in [2.45, 2.75) is 50.4 Å². The first-order chi connectivity index (χ1) is 10.2. The largest absolute Gasteiger partial charge is 0.310 e. The third kappa shape index (κ3) is 3.24. The molecular formula is C16H24N4S. The summed E-state index contributed by atoms with van der Waals surface area (Å²) in [6.07, 6.45) is 9.50. The monoisotopic (exact) mass is 304 g/mol. The Morgan fingerprint density at radius 2 is 2.10 bits per heavy atom. The molecule has 114 valence electrons. The van der Waals surface area contributed by atoms with Gasteiger partial charge >= 0.3 is 0 Å². The Morgan fingerprint density at radius 1 is 1.33 bits per heavy atom. The molecule has 0 atom stereocenters. The van der Waals surface area contributed by atoms with Gasteiger partial charge in [-0.05, 0) is 50.5 Å². The molecule has 0 amide bonds. The van der Waals surface area contributed by atoms with Crippen LogP contribution in [-0.4, -0.2) is 32.3 Å². The van der Waals surface area contributed by atoms with Crippen LogP contribution in [0.4, 0.5) is 0 Å². The van der Waals surface area contributed by atoms with Gasteiger partial charge in [-0.1, -0.05) is 0 Å². The molecule has 1 aliphatic rings. The second-order valence-electron chi connectivity index (χ2n) is 6.01. The van der Waals surface area contributed by atoms with E-state index < -0.39 is 0 Å². The zero-order valence-corrected chi connectivity index (χ0v) is 13.9. The van der Waals surface area contributed by atoms with Crippen LogP contribution in [0.5, 0.6) is 0 Å². The van der Waals surface area contributed by atoms with Gasteiger partial charge in [-0.25, -0.2) is 4.98 Å². The minimum atomic E-state index is 0.666. The van der Waals surface area contributed by atoms with Gasteiger partial charge in [0.15, 0.2) is 5.65 Å². The highest BCUT2D eigenvalue weighted by Gasteiger charge is 2.19. The van der Waals surface area contributed by atoms with Crippen LogP contribution in [-0.2, 0) is 13.6 Å². The Kier molecular flexibility index (Phi) is 4.50. The Bertz CT molecular complexity index is 614. The number of nitrogens with one attached hydrogen (secondary N) is 1. The predicted molar refractivity (Wildman–Crippen MR) is 89.6 cm³/mol. The molecule has 1 aliphatic carbocycles. The molecule has 5 heteroatoms. The summed E-state index contributed by atoms with van der Waals surface area (Å²) in [5, 5.41) is 10.2. The summed E-state index contributed by atoms with van der Waals surface area (Å²) in [5.41, 5.74) is 3.28. The summed E-state index contributed by atoms with van der Waals surface area (Å²) in [4.78, 5) is 4.55. The summed E-state index contributed by atoms with van der Waals surface area (Å²) >= 11 is 2.02. The highest BCUT2D eigenvalue weighted by Crippen LogP contribution is 2.27. The van der Waals surface area contributed by atoms with Crippen molar-refractivity contribution >= 4 is 22.8 Å². The Labute approximate surface area is 130 Å². The third-order valence-electron chi connectivity index (χ3n) is 4.52. The number of hydrogen-bond donors (Lipinski definition) is 1. The minimum absolute atomic E-state index is 0.666. The maximum Gasteiger partial charge on any atom is 0.157 e. The fourth-order valence-electron chi connectivity index (χ4n) is 3.21. The van der Waals surface area contributed by atoms with E-state index in [0.717, 1.165) is 23.1 Å². The predicted octanol–water partition coefficient (Wildman–Crippen LogP) is 3.04. The van der Waals surface area contributed by atoms with Crippen molar-refractivity contribution in [2.24, 2.45) is 7.05 Å². The number of thioether (sulfide) groups is 1. The molecule has 2 aromatic heterocycles. The number of nitrogens with zero attached hydrogens (tertiary/aromatic N) is 3. The lowest BCUT2D eigenvalue weighted by Gasteiger charge is -2.28. The zero-order chi connectivity index (χ0) is 14.8. The van der Waals surface area contributed by atoms with Crippen LogP contribution in [0.15, 0.2) is 12.3 Å². The van der Waals surface area contributed by atoms with Crippen LogP contribution in [0.25, 0.3) is 11.0 Å². The van der Waals surface area contributed by atoms with E-state index in [4.69, 9.17) is 0 Å². The summed E-state index contributed by atoms with van der Waals surface area (Å²) in [6, 6.07) is 2.89. The molecule has 0 aliphatic heterocycles. The summed E-state index contributed by atoms with van der Waals surface area (Å²) in [6.45, 7) is 2.96. The smallest absolute Gasteiger partial charge is 0.157 e. The molecule has 3 rings (SSSR count). The van der Waals surface area contributed by atoms with E-state index in [1.165, 1.54) is 36.6 Å². The first kappa shape index (κ1) is 14.9. The van der Waals surface area contributed by atoms with Gasteiger partial charge in [0.25, 0.3) is 0 Å². The van der Waals surface area contributed by atoms with Crippen molar-refractivity contribution in [3.63, 3.8) is 0 Å². The van der Waals surface area contributed by atoms with Crippen molar-refractivity contribution in [2.75, 3.05) is 6.26 Å². The Morgan fingerprint density at radius 3 is 2.81 bits per heavy atom. The van der Waals surface area contributed by atoms with E-state index in [-0.39, 0.29) is 0 Å². The van der Waals surface area contributed by atoms with E-state index in [1.54, 1.807) is 0 Å². The molecule has 2 heterocycles. The second kappa shape index (κ2) is 6.36. The maximum absolute atomic E-state index is 4.55. The lowest BCUT2D eigenvalue weighted by molar-refractivity contribution is 0.379. The summed E-state index contributed by atoms with van der Waals surface area (Å²) in [5.74, 6) is 0. The number of aryl methyl sites for hydroxylation is 2. The molecule has 21 heavy (non-hydrogen) atoms. The molecule has 1 fully saturated rings. The normalized spacial score (nSPS) is 22.8. The quantitative estimate of drug-likeness (QED) is 0.943.